The van der Waals surface area contributed by atoms with Crippen LogP contribution in [0.3, 0.4) is 0 Å². The number of hydrogen-bond donors (Lipinski definition) is 0. The van der Waals surface area contributed by atoms with E-state index in [0.29, 0.717) is 31.4 Å². The quantitative estimate of drug-likeness (QED) is 0.226. The highest BCUT2D eigenvalue weighted by Gasteiger charge is 2.25. The lowest BCUT2D eigenvalue weighted by Crippen LogP contribution is -2.13. The van der Waals surface area contributed by atoms with E-state index >= 15 is 0 Å². The van der Waals surface area contributed by atoms with Crippen molar-refractivity contribution in [3.63, 3.8) is 0 Å². The van der Waals surface area contributed by atoms with Gasteiger partial charge < -0.3 is 14.2 Å². The van der Waals surface area contributed by atoms with E-state index in [2.05, 4.69) is 41.6 Å². The van der Waals surface area contributed by atoms with Gasteiger partial charge in [0.25, 0.3) is 5.69 Å². The topological polar surface area (TPSA) is 117 Å². The largest absolute Gasteiger partial charge is 0.480 e. The first-order valence-electron chi connectivity index (χ1n) is 8.66. The van der Waals surface area contributed by atoms with Crippen LogP contribution in [0, 0.1) is 17.0 Å². The number of nitro benzene ring substituents is 1. The molecule has 3 rings (SSSR count). The van der Waals surface area contributed by atoms with E-state index in [4.69, 9.17) is 9.47 Å². The Morgan fingerprint density at radius 2 is 1.94 bits per heavy atom. The number of benzene rings is 2. The molecule has 0 saturated carbocycles. The number of cyclic esters (lactones) is 1. The lowest BCUT2D eigenvalue weighted by atomic mass is 10.1. The Hall–Kier alpha value is -3.05. The Morgan fingerprint density at radius 3 is 2.52 bits per heavy atom. The van der Waals surface area contributed by atoms with Crippen molar-refractivity contribution in [1.29, 1.82) is 0 Å². The summed E-state index contributed by atoms with van der Waals surface area (Å²) < 4.78 is 16.3. The average Bonchev–Trinajstić information content (AvgIpc) is 3.07. The third-order valence-electron chi connectivity index (χ3n) is 4.15. The highest BCUT2D eigenvalue weighted by molar-refractivity contribution is 9.11. The van der Waals surface area contributed by atoms with Gasteiger partial charge >= 0.3 is 11.9 Å². The third kappa shape index (κ3) is 5.17. The van der Waals surface area contributed by atoms with Crippen LogP contribution in [0.2, 0.25) is 0 Å². The third-order valence-corrected chi connectivity index (χ3v) is 5.33. The number of hydrogen-bond acceptors (Lipinski definition) is 8. The fraction of sp³-hybridized carbons (Fsp3) is 0.150. The van der Waals surface area contributed by atoms with Crippen LogP contribution in [0.4, 0.5) is 5.69 Å². The zero-order valence-electron chi connectivity index (χ0n) is 16.2. The second-order valence-electron chi connectivity index (χ2n) is 6.27. The van der Waals surface area contributed by atoms with E-state index in [9.17, 15) is 19.7 Å². The van der Waals surface area contributed by atoms with Crippen LogP contribution in [0.15, 0.2) is 50.0 Å². The summed E-state index contributed by atoms with van der Waals surface area (Å²) in [4.78, 5) is 38.2. The Labute approximate surface area is 193 Å². The van der Waals surface area contributed by atoms with Crippen LogP contribution in [0.25, 0.3) is 6.08 Å². The maximum atomic E-state index is 12.3. The van der Waals surface area contributed by atoms with E-state index in [1.54, 1.807) is 19.1 Å². The Morgan fingerprint density at radius 1 is 1.26 bits per heavy atom. The predicted octanol–water partition coefficient (Wildman–Crippen LogP) is 4.32. The molecule has 1 heterocycles. The Bertz CT molecular complexity index is 1140. The molecule has 160 valence electrons. The van der Waals surface area contributed by atoms with Crippen molar-refractivity contribution in [3.8, 4) is 5.75 Å². The molecule has 0 radical (unpaired) electrons. The number of halogens is 2. The van der Waals surface area contributed by atoms with E-state index in [1.807, 2.05) is 0 Å². The molecule has 2 aromatic rings. The van der Waals surface area contributed by atoms with Gasteiger partial charge in [-0.3, -0.25) is 10.1 Å². The molecule has 11 heteroatoms. The van der Waals surface area contributed by atoms with Crippen LogP contribution in [-0.2, 0) is 19.1 Å². The molecule has 0 saturated heterocycles. The van der Waals surface area contributed by atoms with Crippen LogP contribution in [0.5, 0.6) is 5.75 Å². The molecule has 0 atom stereocenters. The van der Waals surface area contributed by atoms with Crippen molar-refractivity contribution in [2.24, 2.45) is 4.99 Å². The van der Waals surface area contributed by atoms with Crippen LogP contribution < -0.4 is 4.74 Å². The maximum absolute atomic E-state index is 12.3. The molecule has 0 fully saturated rings. The summed E-state index contributed by atoms with van der Waals surface area (Å²) in [7, 11) is 1.26. The Kier molecular flexibility index (Phi) is 6.86. The number of esters is 2. The fourth-order valence-corrected chi connectivity index (χ4v) is 4.13. The molecule has 31 heavy (non-hydrogen) atoms. The van der Waals surface area contributed by atoms with Crippen LogP contribution >= 0.6 is 31.9 Å². The van der Waals surface area contributed by atoms with Crippen molar-refractivity contribution in [2.75, 3.05) is 13.7 Å². The second-order valence-corrected chi connectivity index (χ2v) is 7.98. The summed E-state index contributed by atoms with van der Waals surface area (Å²) in [5.41, 5.74) is 1.52. The molecule has 0 unspecified atom stereocenters. The Balaban J connectivity index is 1.87. The monoisotopic (exact) mass is 552 g/mol. The SMILES string of the molecule is COC(=O)COc1c(Br)cc(/C=C2\N=C(c3ccc([N+](=O)[O-])c(C)c3)OC2=O)cc1Br. The van der Waals surface area contributed by atoms with Crippen molar-refractivity contribution >= 4 is 61.5 Å². The highest BCUT2D eigenvalue weighted by Crippen LogP contribution is 2.36. The minimum atomic E-state index is -0.649. The summed E-state index contributed by atoms with van der Waals surface area (Å²) in [5, 5.41) is 11.0. The van der Waals surface area contributed by atoms with Gasteiger partial charge in [-0.05, 0) is 74.7 Å². The number of nitro groups is 1. The molecule has 2 aromatic carbocycles. The smallest absolute Gasteiger partial charge is 0.363 e. The number of carbonyl (C=O) groups excluding carboxylic acids is 2. The summed E-state index contributed by atoms with van der Waals surface area (Å²) >= 11 is 6.73. The van der Waals surface area contributed by atoms with Gasteiger partial charge in [-0.25, -0.2) is 14.6 Å². The maximum Gasteiger partial charge on any atom is 0.363 e. The van der Waals surface area contributed by atoms with Gasteiger partial charge in [-0.2, -0.15) is 0 Å². The standard InChI is InChI=1S/C20H14Br2N2O7/c1-10-5-12(3-4-16(10)24(27)28)19-23-15(20(26)31-19)8-11-6-13(21)18(14(22)7-11)30-9-17(25)29-2/h3-8H,9H2,1-2H3/b15-8-. The number of methoxy groups -OCH3 is 1. The van der Waals surface area contributed by atoms with E-state index in [0.717, 1.165) is 0 Å². The first-order chi connectivity index (χ1) is 14.7. The highest BCUT2D eigenvalue weighted by atomic mass is 79.9. The number of aryl methyl sites for hydroxylation is 1. The second kappa shape index (κ2) is 9.40. The minimum Gasteiger partial charge on any atom is -0.480 e. The molecule has 0 aromatic heterocycles. The number of ether oxygens (including phenoxy) is 3. The summed E-state index contributed by atoms with van der Waals surface area (Å²) in [5.74, 6) is -0.719. The van der Waals surface area contributed by atoms with Gasteiger partial charge in [0.05, 0.1) is 21.0 Å². The van der Waals surface area contributed by atoms with Gasteiger partial charge in [0.15, 0.2) is 12.3 Å². The molecule has 1 aliphatic rings. The number of rotatable bonds is 6. The van der Waals surface area contributed by atoms with E-state index in [1.165, 1.54) is 31.4 Å². The number of aliphatic imine (C=N–C) groups is 1. The number of nitrogens with zero attached hydrogens (tertiary/aromatic N) is 2. The molecule has 0 spiro atoms. The molecule has 9 nitrogen and oxygen atoms in total. The van der Waals surface area contributed by atoms with Crippen molar-refractivity contribution in [1.82, 2.24) is 0 Å². The molecule has 0 amide bonds. The first-order valence-corrected chi connectivity index (χ1v) is 10.2. The van der Waals surface area contributed by atoms with Gasteiger partial charge in [-0.1, -0.05) is 0 Å². The van der Waals surface area contributed by atoms with Gasteiger partial charge in [0, 0.05) is 17.2 Å². The summed E-state index contributed by atoms with van der Waals surface area (Å²) in [6.07, 6.45) is 1.52. The minimum absolute atomic E-state index is 0.0337. The van der Waals surface area contributed by atoms with E-state index < -0.39 is 16.9 Å². The van der Waals surface area contributed by atoms with Gasteiger partial charge in [0.2, 0.25) is 5.90 Å². The summed E-state index contributed by atoms with van der Waals surface area (Å²) in [6.45, 7) is 1.33. The zero-order valence-corrected chi connectivity index (χ0v) is 19.4. The normalized spacial score (nSPS) is 14.3. The average molecular weight is 554 g/mol. The summed E-state index contributed by atoms with van der Waals surface area (Å²) in [6, 6.07) is 7.71. The van der Waals surface area contributed by atoms with Crippen LogP contribution in [-0.4, -0.2) is 36.5 Å². The van der Waals surface area contributed by atoms with Crippen molar-refractivity contribution in [2.45, 2.75) is 6.92 Å². The van der Waals surface area contributed by atoms with E-state index in [-0.39, 0.29) is 23.9 Å². The molecule has 0 bridgehead atoms. The van der Waals surface area contributed by atoms with Gasteiger partial charge in [0.1, 0.15) is 5.75 Å². The lowest BCUT2D eigenvalue weighted by molar-refractivity contribution is -0.385. The van der Waals surface area contributed by atoms with Crippen molar-refractivity contribution in [3.05, 3.63) is 71.8 Å². The zero-order chi connectivity index (χ0) is 22.7. The lowest BCUT2D eigenvalue weighted by Gasteiger charge is -2.10. The predicted molar refractivity (Wildman–Crippen MR) is 118 cm³/mol. The molecular weight excluding hydrogens is 540 g/mol. The molecule has 1 aliphatic heterocycles. The van der Waals surface area contributed by atoms with Crippen molar-refractivity contribution < 1.29 is 28.7 Å². The van der Waals surface area contributed by atoms with Gasteiger partial charge in [-0.15, -0.1) is 0 Å². The number of carbonyl (C=O) groups is 2. The molecule has 0 aliphatic carbocycles. The van der Waals surface area contributed by atoms with Crippen LogP contribution in [0.1, 0.15) is 16.7 Å². The molecular formula is C20H14Br2N2O7. The first kappa shape index (κ1) is 22.6. The fourth-order valence-electron chi connectivity index (χ4n) is 2.67. The molecule has 0 N–H and O–H groups in total.